The van der Waals surface area contributed by atoms with Crippen molar-refractivity contribution >= 4 is 23.0 Å². The molecule has 1 aromatic heterocycles. The predicted octanol–water partition coefficient (Wildman–Crippen LogP) is 1.83. The van der Waals surface area contributed by atoms with Crippen LogP contribution >= 0.6 is 0 Å². The number of benzene rings is 1. The van der Waals surface area contributed by atoms with E-state index in [1.54, 1.807) is 26.2 Å². The van der Waals surface area contributed by atoms with Crippen LogP contribution in [0.4, 0.5) is 17.1 Å². The molecule has 4 N–H and O–H groups in total. The minimum atomic E-state index is -0.457. The zero-order chi connectivity index (χ0) is 21.3. The maximum absolute atomic E-state index is 12.8. The normalized spacial score (nSPS) is 18.5. The minimum Gasteiger partial charge on any atom is -0.505 e. The summed E-state index contributed by atoms with van der Waals surface area (Å²) in [5.41, 5.74) is -0.464. The third kappa shape index (κ3) is 3.98. The third-order valence-corrected chi connectivity index (χ3v) is 5.39. The highest BCUT2D eigenvalue weighted by molar-refractivity contribution is 5.98. The van der Waals surface area contributed by atoms with Gasteiger partial charge in [-0.1, -0.05) is 19.4 Å². The molecule has 2 aromatic rings. The van der Waals surface area contributed by atoms with Gasteiger partial charge in [0.2, 0.25) is 0 Å². The van der Waals surface area contributed by atoms with Crippen molar-refractivity contribution in [3.05, 3.63) is 44.5 Å². The number of nitrogens with one attached hydrogen (secondary N) is 3. The van der Waals surface area contributed by atoms with E-state index in [0.29, 0.717) is 5.92 Å². The second-order valence-corrected chi connectivity index (χ2v) is 7.74. The Morgan fingerprint density at radius 2 is 1.97 bits per heavy atom. The van der Waals surface area contributed by atoms with Crippen molar-refractivity contribution in [2.75, 3.05) is 24.7 Å². The van der Waals surface area contributed by atoms with Crippen LogP contribution in [0.15, 0.2) is 27.8 Å². The molecule has 0 radical (unpaired) electrons. The third-order valence-electron chi connectivity index (χ3n) is 5.39. The van der Waals surface area contributed by atoms with Crippen LogP contribution in [0.1, 0.15) is 36.5 Å². The molecule has 29 heavy (non-hydrogen) atoms. The number of para-hydroxylation sites is 1. The Bertz CT molecular complexity index is 1040. The molecule has 2 unspecified atom stereocenters. The maximum atomic E-state index is 12.8. The number of aryl methyl sites for hydroxylation is 1. The first kappa shape index (κ1) is 20.5. The summed E-state index contributed by atoms with van der Waals surface area (Å²) in [5.74, 6) is -0.280. The number of amides is 1. The number of rotatable bonds is 5. The van der Waals surface area contributed by atoms with Crippen LogP contribution < -0.4 is 21.8 Å². The monoisotopic (exact) mass is 401 g/mol. The van der Waals surface area contributed by atoms with Gasteiger partial charge in [-0.15, -0.1) is 0 Å². The predicted molar refractivity (Wildman–Crippen MR) is 112 cm³/mol. The van der Waals surface area contributed by atoms with E-state index >= 15 is 0 Å². The van der Waals surface area contributed by atoms with Crippen LogP contribution in [0.3, 0.4) is 0 Å². The van der Waals surface area contributed by atoms with E-state index in [1.807, 2.05) is 0 Å². The highest BCUT2D eigenvalue weighted by Crippen LogP contribution is 2.33. The first-order chi connectivity index (χ1) is 13.7. The fraction of sp³-hybridized carbons (Fsp3) is 0.450. The zero-order valence-corrected chi connectivity index (χ0v) is 17.1. The summed E-state index contributed by atoms with van der Waals surface area (Å²) in [4.78, 5) is 39.0. The van der Waals surface area contributed by atoms with Crippen LogP contribution in [0, 0.1) is 5.92 Å². The molecule has 0 aliphatic heterocycles. The zero-order valence-electron chi connectivity index (χ0n) is 17.1. The summed E-state index contributed by atoms with van der Waals surface area (Å²) in [6.07, 6.45) is 3.02. The molecule has 1 aliphatic rings. The van der Waals surface area contributed by atoms with Crippen molar-refractivity contribution in [2.24, 2.45) is 13.0 Å². The first-order valence-corrected chi connectivity index (χ1v) is 9.61. The van der Waals surface area contributed by atoms with Gasteiger partial charge >= 0.3 is 0 Å². The molecule has 2 atom stereocenters. The van der Waals surface area contributed by atoms with Gasteiger partial charge in [0.05, 0.1) is 11.3 Å². The largest absolute Gasteiger partial charge is 0.505 e. The molecular formula is C20H27N5O4. The Morgan fingerprint density at radius 1 is 1.24 bits per heavy atom. The highest BCUT2D eigenvalue weighted by atomic mass is 16.3. The molecule has 1 aromatic carbocycles. The molecule has 0 bridgehead atoms. The molecule has 156 valence electrons. The number of nitrogens with zero attached hydrogens (tertiary/aromatic N) is 2. The number of hydrogen-bond donors (Lipinski definition) is 4. The second-order valence-electron chi connectivity index (χ2n) is 7.74. The van der Waals surface area contributed by atoms with E-state index < -0.39 is 11.1 Å². The Morgan fingerprint density at radius 3 is 2.59 bits per heavy atom. The van der Waals surface area contributed by atoms with Gasteiger partial charge in [0.25, 0.3) is 17.0 Å². The van der Waals surface area contributed by atoms with E-state index in [0.717, 1.165) is 23.9 Å². The number of aromatic amines is 1. The fourth-order valence-electron chi connectivity index (χ4n) is 3.64. The highest BCUT2D eigenvalue weighted by Gasteiger charge is 2.26. The Balaban J connectivity index is 2.05. The molecule has 9 heteroatoms. The fourth-order valence-corrected chi connectivity index (χ4v) is 3.64. The van der Waals surface area contributed by atoms with Crippen LogP contribution in [-0.2, 0) is 7.05 Å². The number of H-pyrrole nitrogens is 1. The molecule has 1 aliphatic carbocycles. The van der Waals surface area contributed by atoms with Gasteiger partial charge in [0, 0.05) is 27.2 Å². The van der Waals surface area contributed by atoms with Gasteiger partial charge in [-0.25, -0.2) is 0 Å². The lowest BCUT2D eigenvalue weighted by Gasteiger charge is -2.21. The molecule has 0 saturated heterocycles. The molecular weight excluding hydrogens is 374 g/mol. The maximum Gasteiger partial charge on any atom is 0.290 e. The summed E-state index contributed by atoms with van der Waals surface area (Å²) in [5, 5.41) is 19.2. The lowest BCUT2D eigenvalue weighted by atomic mass is 10.1. The second kappa shape index (κ2) is 8.02. The summed E-state index contributed by atoms with van der Waals surface area (Å²) in [6, 6.07) is 4.73. The molecule has 3 rings (SSSR count). The molecule has 1 fully saturated rings. The number of carbonyl (C=O) groups excluding carboxylic acids is 1. The van der Waals surface area contributed by atoms with Crippen molar-refractivity contribution in [3.8, 4) is 5.75 Å². The Labute approximate surface area is 168 Å². The summed E-state index contributed by atoms with van der Waals surface area (Å²) in [6.45, 7) is 2.11. The van der Waals surface area contributed by atoms with E-state index in [-0.39, 0.29) is 40.3 Å². The molecule has 0 spiro atoms. The van der Waals surface area contributed by atoms with Crippen LogP contribution in [0.2, 0.25) is 0 Å². The standard InChI is InChI=1S/C20H27N5O4/c1-11-7-5-9-13(11)21-15-16(20(29)25(4)23-18(15)27)22-14-10-6-8-12(17(14)26)19(28)24(2)3/h6,8,10-11,13,21-22,26H,5,7,9H2,1-4H3,(H,23,27). The number of aromatic hydroxyl groups is 1. The van der Waals surface area contributed by atoms with E-state index in [2.05, 4.69) is 22.7 Å². The van der Waals surface area contributed by atoms with Gasteiger partial charge in [0.15, 0.2) is 5.75 Å². The van der Waals surface area contributed by atoms with Crippen molar-refractivity contribution in [2.45, 2.75) is 32.2 Å². The number of hydrogen-bond acceptors (Lipinski definition) is 6. The molecule has 9 nitrogen and oxygen atoms in total. The summed E-state index contributed by atoms with van der Waals surface area (Å²) in [7, 11) is 4.61. The van der Waals surface area contributed by atoms with Crippen LogP contribution in [-0.4, -0.2) is 45.8 Å². The number of aromatic nitrogens is 2. The Kier molecular flexibility index (Phi) is 5.67. The average Bonchev–Trinajstić information content (AvgIpc) is 3.08. The summed E-state index contributed by atoms with van der Waals surface area (Å²) < 4.78 is 1.08. The van der Waals surface area contributed by atoms with Crippen LogP contribution in [0.25, 0.3) is 0 Å². The number of phenolic OH excluding ortho intramolecular Hbond substituents is 1. The molecule has 1 heterocycles. The topological polar surface area (TPSA) is 119 Å². The number of phenols is 1. The Hall–Kier alpha value is -3.23. The van der Waals surface area contributed by atoms with Gasteiger partial charge < -0.3 is 20.6 Å². The SMILES string of the molecule is CC1CCCC1Nc1c(Nc2cccc(C(=O)N(C)C)c2O)c(=O)n(C)[nH]c1=O. The lowest BCUT2D eigenvalue weighted by molar-refractivity contribution is 0.0824. The summed E-state index contributed by atoms with van der Waals surface area (Å²) >= 11 is 0. The van der Waals surface area contributed by atoms with Crippen molar-refractivity contribution < 1.29 is 9.90 Å². The number of carbonyl (C=O) groups is 1. The van der Waals surface area contributed by atoms with Crippen molar-refractivity contribution in [1.82, 2.24) is 14.7 Å². The molecule has 1 saturated carbocycles. The van der Waals surface area contributed by atoms with Gasteiger partial charge in [-0.05, 0) is 30.9 Å². The lowest BCUT2D eigenvalue weighted by Crippen LogP contribution is -2.34. The smallest absolute Gasteiger partial charge is 0.290 e. The van der Waals surface area contributed by atoms with E-state index in [4.69, 9.17) is 0 Å². The van der Waals surface area contributed by atoms with Crippen LogP contribution in [0.5, 0.6) is 5.75 Å². The van der Waals surface area contributed by atoms with Gasteiger partial charge in [-0.3, -0.25) is 24.2 Å². The van der Waals surface area contributed by atoms with Crippen molar-refractivity contribution in [3.63, 3.8) is 0 Å². The quantitative estimate of drug-likeness (QED) is 0.568. The minimum absolute atomic E-state index is 0.0279. The number of anilines is 3. The van der Waals surface area contributed by atoms with E-state index in [1.165, 1.54) is 18.0 Å². The van der Waals surface area contributed by atoms with Gasteiger partial charge in [-0.2, -0.15) is 0 Å². The van der Waals surface area contributed by atoms with Gasteiger partial charge in [0.1, 0.15) is 11.4 Å². The van der Waals surface area contributed by atoms with Crippen molar-refractivity contribution in [1.29, 1.82) is 0 Å². The first-order valence-electron chi connectivity index (χ1n) is 9.61. The molecule has 1 amide bonds. The van der Waals surface area contributed by atoms with E-state index in [9.17, 15) is 19.5 Å². The average molecular weight is 401 g/mol.